The van der Waals surface area contributed by atoms with Gasteiger partial charge in [0.2, 0.25) is 0 Å². The Kier molecular flexibility index (Phi) is 32.6. The van der Waals surface area contributed by atoms with Gasteiger partial charge >= 0.3 is 16.4 Å². The van der Waals surface area contributed by atoms with Gasteiger partial charge in [0.15, 0.2) is 6.29 Å². The lowest BCUT2D eigenvalue weighted by Crippen LogP contribution is -2.60. The molecule has 13 heteroatoms. The molecular weight excluding hydrogens is 741 g/mol. The molecule has 1 saturated heterocycles. The van der Waals surface area contributed by atoms with Crippen molar-refractivity contribution in [2.24, 2.45) is 0 Å². The van der Waals surface area contributed by atoms with E-state index in [4.69, 9.17) is 23.5 Å². The molecule has 12 nitrogen and oxygen atoms in total. The molecule has 0 spiro atoms. The van der Waals surface area contributed by atoms with Crippen molar-refractivity contribution in [2.75, 3.05) is 26.4 Å². The molecule has 6 atom stereocenters. The Bertz CT molecular complexity index is 1170. The van der Waals surface area contributed by atoms with Crippen molar-refractivity contribution >= 4 is 16.4 Å². The van der Waals surface area contributed by atoms with Gasteiger partial charge in [-0.1, -0.05) is 146 Å². The van der Waals surface area contributed by atoms with Gasteiger partial charge in [-0.15, -0.1) is 0 Å². The van der Waals surface area contributed by atoms with E-state index < -0.39 is 59.8 Å². The van der Waals surface area contributed by atoms with E-state index in [0.29, 0.717) is 13.0 Å². The third-order valence-electron chi connectivity index (χ3n) is 9.47. The highest BCUT2D eigenvalue weighted by Crippen LogP contribution is 2.26. The van der Waals surface area contributed by atoms with Crippen molar-refractivity contribution in [3.8, 4) is 0 Å². The van der Waals surface area contributed by atoms with Crippen molar-refractivity contribution < 1.29 is 56.2 Å². The summed E-state index contributed by atoms with van der Waals surface area (Å²) in [4.78, 5) is 12.8. The average molecular weight is 817 g/mol. The van der Waals surface area contributed by atoms with Gasteiger partial charge in [0.1, 0.15) is 30.5 Å². The van der Waals surface area contributed by atoms with E-state index in [1.54, 1.807) is 0 Å². The molecule has 0 aromatic carbocycles. The highest BCUT2D eigenvalue weighted by atomic mass is 32.3. The van der Waals surface area contributed by atoms with Gasteiger partial charge < -0.3 is 34.3 Å². The average Bonchev–Trinajstić information content (AvgIpc) is 3.17. The molecule has 0 radical (unpaired) electrons. The van der Waals surface area contributed by atoms with Gasteiger partial charge in [0, 0.05) is 13.0 Å². The quantitative estimate of drug-likeness (QED) is 0.0206. The maximum atomic E-state index is 12.8. The first-order valence-electron chi connectivity index (χ1n) is 21.4. The minimum absolute atomic E-state index is 0.0198. The number of unbranched alkanes of at least 4 members (excludes halogenated alkanes) is 15. The van der Waals surface area contributed by atoms with E-state index >= 15 is 0 Å². The van der Waals surface area contributed by atoms with Crippen molar-refractivity contribution in [3.05, 3.63) is 48.6 Å². The van der Waals surface area contributed by atoms with E-state index in [9.17, 15) is 28.5 Å². The summed E-state index contributed by atoms with van der Waals surface area (Å²) in [6.45, 7) is 3.81. The summed E-state index contributed by atoms with van der Waals surface area (Å²) in [5.41, 5.74) is 0. The lowest BCUT2D eigenvalue weighted by molar-refractivity contribution is -0.301. The fourth-order valence-corrected chi connectivity index (χ4v) is 6.76. The number of carbonyl (C=O) groups is 1. The van der Waals surface area contributed by atoms with Crippen LogP contribution in [0.1, 0.15) is 155 Å². The molecule has 1 aliphatic heterocycles. The summed E-state index contributed by atoms with van der Waals surface area (Å²) in [5.74, 6) is -0.440. The van der Waals surface area contributed by atoms with Gasteiger partial charge in [0.05, 0.1) is 19.8 Å². The zero-order valence-corrected chi connectivity index (χ0v) is 35.2. The number of ether oxygens (including phenoxy) is 4. The summed E-state index contributed by atoms with van der Waals surface area (Å²) in [6, 6.07) is 0. The second kappa shape index (κ2) is 35.0. The van der Waals surface area contributed by atoms with Crippen LogP contribution in [0.15, 0.2) is 48.6 Å². The van der Waals surface area contributed by atoms with Crippen molar-refractivity contribution in [1.82, 2.24) is 0 Å². The molecule has 1 rings (SSSR count). The largest absolute Gasteiger partial charge is 0.457 e. The predicted octanol–water partition coefficient (Wildman–Crippen LogP) is 8.41. The zero-order chi connectivity index (χ0) is 41.1. The molecule has 1 aliphatic rings. The van der Waals surface area contributed by atoms with Gasteiger partial charge in [0.25, 0.3) is 0 Å². The fourth-order valence-electron chi connectivity index (χ4n) is 6.25. The Morgan fingerprint density at radius 3 is 1.77 bits per heavy atom. The number of hydrogen-bond acceptors (Lipinski definition) is 11. The molecule has 0 aromatic heterocycles. The second-order valence-electron chi connectivity index (χ2n) is 14.6. The minimum atomic E-state index is -5.06. The summed E-state index contributed by atoms with van der Waals surface area (Å²) in [6.07, 6.45) is 31.5. The zero-order valence-electron chi connectivity index (χ0n) is 34.4. The first-order chi connectivity index (χ1) is 27.1. The third-order valence-corrected chi connectivity index (χ3v) is 9.93. The van der Waals surface area contributed by atoms with Crippen molar-refractivity contribution in [2.45, 2.75) is 192 Å². The molecule has 6 unspecified atom stereocenters. The van der Waals surface area contributed by atoms with E-state index in [1.807, 2.05) is 0 Å². The lowest BCUT2D eigenvalue weighted by Gasteiger charge is -2.41. The third kappa shape index (κ3) is 28.5. The topological polar surface area (TPSA) is 178 Å². The molecule has 0 amide bonds. The van der Waals surface area contributed by atoms with Crippen LogP contribution < -0.4 is 0 Å². The number of rotatable bonds is 36. The standard InChI is InChI=1S/C43H76O12S/c1-3-5-7-9-11-13-15-17-19-20-22-24-26-28-30-32-39(45)53-37(35-51-33-31-29-27-25-23-21-18-16-14-12-10-8-6-4-2)36-52-43-41(47)42(55-56(48,49)50)40(46)38(34-44)54-43/h5,7,11,13,17,19,22,24,37-38,40-44,46-47H,3-4,6,8-10,12,14-16,18,20-21,23,25-36H2,1-2H3,(H,48,49,50)/b7-5-,13-11-,19-17-,24-22-. The summed E-state index contributed by atoms with van der Waals surface area (Å²) in [5, 5.41) is 30.6. The molecule has 4 N–H and O–H groups in total. The van der Waals surface area contributed by atoms with Crippen molar-refractivity contribution in [3.63, 3.8) is 0 Å². The Morgan fingerprint density at radius 2 is 1.23 bits per heavy atom. The van der Waals surface area contributed by atoms with Crippen LogP contribution in [-0.4, -0.2) is 97.5 Å². The van der Waals surface area contributed by atoms with Gasteiger partial charge in [-0.2, -0.15) is 8.42 Å². The molecule has 0 aliphatic carbocycles. The summed E-state index contributed by atoms with van der Waals surface area (Å²) >= 11 is 0. The number of carbonyl (C=O) groups excluding carboxylic acids is 1. The van der Waals surface area contributed by atoms with Crippen LogP contribution in [-0.2, 0) is 38.3 Å². The number of hydrogen-bond donors (Lipinski definition) is 4. The number of esters is 1. The molecule has 1 heterocycles. The van der Waals surface area contributed by atoms with Gasteiger partial charge in [-0.05, 0) is 51.4 Å². The van der Waals surface area contributed by atoms with E-state index in [0.717, 1.165) is 57.8 Å². The number of allylic oxidation sites excluding steroid dienone is 8. The minimum Gasteiger partial charge on any atom is -0.457 e. The second-order valence-corrected chi connectivity index (χ2v) is 15.6. The Hall–Kier alpha value is -1.94. The van der Waals surface area contributed by atoms with Crippen LogP contribution in [0.25, 0.3) is 0 Å². The normalized spacial score (nSPS) is 21.3. The van der Waals surface area contributed by atoms with Gasteiger partial charge in [-0.25, -0.2) is 4.18 Å². The summed E-state index contributed by atoms with van der Waals surface area (Å²) in [7, 11) is -5.06. The van der Waals surface area contributed by atoms with E-state index in [2.05, 4.69) is 66.6 Å². The fraction of sp³-hybridized carbons (Fsp3) is 0.791. The maximum Gasteiger partial charge on any atom is 0.397 e. The molecule has 56 heavy (non-hydrogen) atoms. The lowest BCUT2D eigenvalue weighted by atomic mass is 9.99. The number of aliphatic hydroxyl groups is 3. The number of aliphatic hydroxyl groups excluding tert-OH is 3. The van der Waals surface area contributed by atoms with Crippen LogP contribution in [0, 0.1) is 0 Å². The first kappa shape index (κ1) is 52.1. The predicted molar refractivity (Wildman–Crippen MR) is 220 cm³/mol. The SMILES string of the molecule is CC/C=C\C/C=C\C/C=C\C/C=C\CCCCC(=O)OC(COCCCCCCCCCCCCCCCC)COC1OC(CO)C(O)C(OS(=O)(=O)O)C1O. The molecule has 0 saturated carbocycles. The van der Waals surface area contributed by atoms with Gasteiger partial charge in [-0.3, -0.25) is 9.35 Å². The van der Waals surface area contributed by atoms with Crippen LogP contribution in [0.3, 0.4) is 0 Å². The summed E-state index contributed by atoms with van der Waals surface area (Å²) < 4.78 is 58.9. The van der Waals surface area contributed by atoms with Crippen molar-refractivity contribution in [1.29, 1.82) is 0 Å². The Morgan fingerprint density at radius 1 is 0.696 bits per heavy atom. The molecule has 0 bridgehead atoms. The van der Waals surface area contributed by atoms with Crippen LogP contribution in [0.4, 0.5) is 0 Å². The molecule has 1 fully saturated rings. The molecular formula is C43H76O12S. The van der Waals surface area contributed by atoms with Crippen LogP contribution in [0.5, 0.6) is 0 Å². The Balaban J connectivity index is 2.50. The van der Waals surface area contributed by atoms with E-state index in [-0.39, 0.29) is 19.6 Å². The monoisotopic (exact) mass is 817 g/mol. The highest BCUT2D eigenvalue weighted by molar-refractivity contribution is 7.80. The molecule has 0 aromatic rings. The highest BCUT2D eigenvalue weighted by Gasteiger charge is 2.48. The smallest absolute Gasteiger partial charge is 0.397 e. The maximum absolute atomic E-state index is 12.8. The van der Waals surface area contributed by atoms with Crippen LogP contribution >= 0.6 is 0 Å². The van der Waals surface area contributed by atoms with E-state index in [1.165, 1.54) is 70.6 Å². The first-order valence-corrected chi connectivity index (χ1v) is 22.8. The molecule has 326 valence electrons. The Labute approximate surface area is 338 Å². The van der Waals surface area contributed by atoms with Crippen LogP contribution in [0.2, 0.25) is 0 Å².